The number of hydrogen-bond acceptors (Lipinski definition) is 3. The number of rotatable bonds is 4. The fraction of sp³-hybridized carbons (Fsp3) is 0.571. The van der Waals surface area contributed by atoms with Gasteiger partial charge in [-0.05, 0) is 12.5 Å². The molecule has 1 rings (SSSR count). The number of aromatic nitrogens is 2. The molecule has 74 valence electrons. The maximum atomic E-state index is 11.0. The van der Waals surface area contributed by atoms with Gasteiger partial charge in [0.25, 0.3) is 10.0 Å². The number of hydrogen-bond donors (Lipinski definition) is 1. The van der Waals surface area contributed by atoms with E-state index in [0.29, 0.717) is 6.54 Å². The van der Waals surface area contributed by atoms with E-state index in [-0.39, 0.29) is 5.03 Å². The van der Waals surface area contributed by atoms with Gasteiger partial charge in [0.15, 0.2) is 5.03 Å². The maximum absolute atomic E-state index is 11.0. The molecule has 0 spiro atoms. The average Bonchev–Trinajstić information content (AvgIpc) is 2.47. The number of primary sulfonamides is 1. The van der Waals surface area contributed by atoms with Gasteiger partial charge < -0.3 is 0 Å². The Bertz CT molecular complexity index is 369. The molecule has 1 aromatic rings. The molecule has 0 aliphatic carbocycles. The minimum absolute atomic E-state index is 0.0842. The Kier molecular flexibility index (Phi) is 3.05. The van der Waals surface area contributed by atoms with E-state index in [9.17, 15) is 8.42 Å². The highest BCUT2D eigenvalue weighted by molar-refractivity contribution is 7.89. The Hall–Kier alpha value is -0.880. The number of aryl methyl sites for hydroxylation is 1. The van der Waals surface area contributed by atoms with E-state index in [1.807, 2.05) is 6.92 Å². The van der Waals surface area contributed by atoms with Crippen LogP contribution in [0.4, 0.5) is 0 Å². The van der Waals surface area contributed by atoms with Crippen molar-refractivity contribution in [1.82, 2.24) is 9.78 Å². The van der Waals surface area contributed by atoms with Crippen molar-refractivity contribution in [3.8, 4) is 0 Å². The Morgan fingerprint density at radius 2 is 2.31 bits per heavy atom. The van der Waals surface area contributed by atoms with Gasteiger partial charge in [-0.3, -0.25) is 4.68 Å². The first kappa shape index (κ1) is 10.2. The topological polar surface area (TPSA) is 78.0 Å². The molecule has 6 heteroatoms. The van der Waals surface area contributed by atoms with Crippen LogP contribution in [0.15, 0.2) is 17.3 Å². The van der Waals surface area contributed by atoms with Crippen LogP contribution in [0.5, 0.6) is 0 Å². The van der Waals surface area contributed by atoms with E-state index >= 15 is 0 Å². The molecule has 0 radical (unpaired) electrons. The molecule has 0 aliphatic rings. The first-order valence-electron chi connectivity index (χ1n) is 4.10. The van der Waals surface area contributed by atoms with Gasteiger partial charge in [0, 0.05) is 6.54 Å². The van der Waals surface area contributed by atoms with Crippen LogP contribution in [0.3, 0.4) is 0 Å². The van der Waals surface area contributed by atoms with Crippen molar-refractivity contribution in [3.63, 3.8) is 0 Å². The number of sulfonamides is 1. The van der Waals surface area contributed by atoms with Gasteiger partial charge in [-0.1, -0.05) is 13.3 Å². The molecule has 0 aliphatic heterocycles. The lowest BCUT2D eigenvalue weighted by Gasteiger charge is -2.03. The molecule has 0 fully saturated rings. The third kappa shape index (κ3) is 2.53. The third-order valence-corrected chi connectivity index (χ3v) is 2.62. The largest absolute Gasteiger partial charge is 0.255 e. The van der Waals surface area contributed by atoms with Crippen molar-refractivity contribution >= 4 is 10.0 Å². The Morgan fingerprint density at radius 1 is 1.62 bits per heavy atom. The summed E-state index contributed by atoms with van der Waals surface area (Å²) in [6.45, 7) is 2.62. The number of unbranched alkanes of at least 4 members (excludes halogenated alkanes) is 1. The highest BCUT2D eigenvalue weighted by Crippen LogP contribution is 2.06. The van der Waals surface area contributed by atoms with Gasteiger partial charge >= 0.3 is 0 Å². The molecule has 0 unspecified atom stereocenters. The molecule has 0 saturated heterocycles. The molecule has 0 aromatic carbocycles. The van der Waals surface area contributed by atoms with Gasteiger partial charge in [-0.25, -0.2) is 13.6 Å². The molecule has 2 N–H and O–H groups in total. The lowest BCUT2D eigenvalue weighted by atomic mass is 10.3. The van der Waals surface area contributed by atoms with Gasteiger partial charge in [-0.2, -0.15) is 5.10 Å². The van der Waals surface area contributed by atoms with Crippen LogP contribution in [0, 0.1) is 0 Å². The summed E-state index contributed by atoms with van der Waals surface area (Å²) in [5.41, 5.74) is 0. The minimum atomic E-state index is -3.62. The summed E-state index contributed by atoms with van der Waals surface area (Å²) < 4.78 is 23.4. The molecule has 0 atom stereocenters. The molecular weight excluding hydrogens is 190 g/mol. The first-order chi connectivity index (χ1) is 6.05. The van der Waals surface area contributed by atoms with E-state index in [2.05, 4.69) is 5.10 Å². The van der Waals surface area contributed by atoms with E-state index in [0.717, 1.165) is 12.8 Å². The zero-order valence-corrected chi connectivity index (χ0v) is 8.29. The molecule has 1 heterocycles. The average molecular weight is 203 g/mol. The lowest BCUT2D eigenvalue weighted by Crippen LogP contribution is -2.18. The predicted octanol–water partition coefficient (Wildman–Crippen LogP) is 0.331. The SMILES string of the molecule is CCCCn1nccc1S(N)(=O)=O. The molecule has 0 amide bonds. The third-order valence-electron chi connectivity index (χ3n) is 1.69. The standard InChI is InChI=1S/C7H13N3O2S/c1-2-3-6-10-7(4-5-9-10)13(8,11)12/h4-5H,2-3,6H2,1H3,(H2,8,11,12). The van der Waals surface area contributed by atoms with Crippen LogP contribution in [0.2, 0.25) is 0 Å². The van der Waals surface area contributed by atoms with Crippen LogP contribution in [-0.2, 0) is 16.6 Å². The summed E-state index contributed by atoms with van der Waals surface area (Å²) >= 11 is 0. The van der Waals surface area contributed by atoms with Crippen LogP contribution in [0.1, 0.15) is 19.8 Å². The quantitative estimate of drug-likeness (QED) is 0.766. The second-order valence-electron chi connectivity index (χ2n) is 2.79. The summed E-state index contributed by atoms with van der Waals surface area (Å²) in [5, 5.41) is 8.95. The van der Waals surface area contributed by atoms with Crippen LogP contribution < -0.4 is 5.14 Å². The lowest BCUT2D eigenvalue weighted by molar-refractivity contribution is 0.515. The number of nitrogens with two attached hydrogens (primary N) is 1. The van der Waals surface area contributed by atoms with Crippen LogP contribution in [-0.4, -0.2) is 18.2 Å². The van der Waals surface area contributed by atoms with Gasteiger partial charge in [-0.15, -0.1) is 0 Å². The van der Waals surface area contributed by atoms with Crippen molar-refractivity contribution < 1.29 is 8.42 Å². The summed E-state index contributed by atoms with van der Waals surface area (Å²) in [6, 6.07) is 1.41. The van der Waals surface area contributed by atoms with Gasteiger partial charge in [0.05, 0.1) is 6.20 Å². The number of nitrogens with zero attached hydrogens (tertiary/aromatic N) is 2. The van der Waals surface area contributed by atoms with E-state index in [4.69, 9.17) is 5.14 Å². The zero-order chi connectivity index (χ0) is 9.90. The van der Waals surface area contributed by atoms with Crippen molar-refractivity contribution in [3.05, 3.63) is 12.3 Å². The second-order valence-corrected chi connectivity index (χ2v) is 4.30. The van der Waals surface area contributed by atoms with E-state index in [1.165, 1.54) is 16.9 Å². The van der Waals surface area contributed by atoms with Gasteiger partial charge in [0.1, 0.15) is 0 Å². The predicted molar refractivity (Wildman–Crippen MR) is 48.5 cm³/mol. The maximum Gasteiger partial charge on any atom is 0.255 e. The molecule has 5 nitrogen and oxygen atoms in total. The van der Waals surface area contributed by atoms with Gasteiger partial charge in [0.2, 0.25) is 0 Å². The summed E-state index contributed by atoms with van der Waals surface area (Å²) in [7, 11) is -3.62. The zero-order valence-electron chi connectivity index (χ0n) is 7.47. The van der Waals surface area contributed by atoms with Crippen molar-refractivity contribution in [2.45, 2.75) is 31.3 Å². The van der Waals surface area contributed by atoms with Crippen molar-refractivity contribution in [1.29, 1.82) is 0 Å². The summed E-state index contributed by atoms with van der Waals surface area (Å²) in [6.07, 6.45) is 3.32. The highest BCUT2D eigenvalue weighted by atomic mass is 32.2. The van der Waals surface area contributed by atoms with E-state index in [1.54, 1.807) is 0 Å². The smallest absolute Gasteiger partial charge is 0.253 e. The summed E-state index contributed by atoms with van der Waals surface area (Å²) in [5.74, 6) is 0. The fourth-order valence-electron chi connectivity index (χ4n) is 1.04. The Morgan fingerprint density at radius 3 is 2.85 bits per heavy atom. The Balaban J connectivity index is 2.90. The molecule has 13 heavy (non-hydrogen) atoms. The first-order valence-corrected chi connectivity index (χ1v) is 5.65. The van der Waals surface area contributed by atoms with Crippen molar-refractivity contribution in [2.24, 2.45) is 5.14 Å². The second kappa shape index (κ2) is 3.89. The molecule has 1 aromatic heterocycles. The van der Waals surface area contributed by atoms with Crippen molar-refractivity contribution in [2.75, 3.05) is 0 Å². The van der Waals surface area contributed by atoms with E-state index < -0.39 is 10.0 Å². The summed E-state index contributed by atoms with van der Waals surface area (Å²) in [4.78, 5) is 0. The van der Waals surface area contributed by atoms with Crippen LogP contribution in [0.25, 0.3) is 0 Å². The molecular formula is C7H13N3O2S. The molecule has 0 bridgehead atoms. The highest BCUT2D eigenvalue weighted by Gasteiger charge is 2.13. The minimum Gasteiger partial charge on any atom is -0.253 e. The van der Waals surface area contributed by atoms with Crippen LogP contribution >= 0.6 is 0 Å². The Labute approximate surface area is 77.6 Å². The normalized spacial score (nSPS) is 11.8. The molecule has 0 saturated carbocycles. The monoisotopic (exact) mass is 203 g/mol. The fourth-order valence-corrected chi connectivity index (χ4v) is 1.72.